The molecular weight excluding hydrogens is 238 g/mol. The van der Waals surface area contributed by atoms with Crippen LogP contribution in [0.4, 0.5) is 0 Å². The lowest BCUT2D eigenvalue weighted by Gasteiger charge is -2.32. The summed E-state index contributed by atoms with van der Waals surface area (Å²) in [4.78, 5) is 0. The van der Waals surface area contributed by atoms with Crippen LogP contribution < -0.4 is 15.2 Å². The van der Waals surface area contributed by atoms with Crippen molar-refractivity contribution in [1.29, 1.82) is 0 Å². The highest BCUT2D eigenvalue weighted by Gasteiger charge is 2.38. The van der Waals surface area contributed by atoms with E-state index < -0.39 is 0 Å². The van der Waals surface area contributed by atoms with E-state index in [0.29, 0.717) is 12.7 Å². The second-order valence-electron chi connectivity index (χ2n) is 6.11. The van der Waals surface area contributed by atoms with E-state index in [-0.39, 0.29) is 5.41 Å². The minimum atomic E-state index is 0.153. The van der Waals surface area contributed by atoms with Crippen molar-refractivity contribution in [3.8, 4) is 11.5 Å². The number of ether oxygens (including phenoxy) is 2. The molecule has 1 aliphatic heterocycles. The van der Waals surface area contributed by atoms with Gasteiger partial charge in [-0.05, 0) is 30.4 Å². The summed E-state index contributed by atoms with van der Waals surface area (Å²) in [6.07, 6.45) is 4.96. The van der Waals surface area contributed by atoms with E-state index in [0.717, 1.165) is 18.0 Å². The van der Waals surface area contributed by atoms with Gasteiger partial charge in [-0.1, -0.05) is 32.8 Å². The summed E-state index contributed by atoms with van der Waals surface area (Å²) < 4.78 is 11.2. The van der Waals surface area contributed by atoms with Crippen molar-refractivity contribution in [3.05, 3.63) is 23.3 Å². The summed E-state index contributed by atoms with van der Waals surface area (Å²) in [5.41, 5.74) is 9.00. The third-order valence-electron chi connectivity index (χ3n) is 4.68. The van der Waals surface area contributed by atoms with E-state index in [4.69, 9.17) is 15.2 Å². The van der Waals surface area contributed by atoms with E-state index in [1.807, 2.05) is 0 Å². The molecule has 0 amide bonds. The first-order chi connectivity index (χ1) is 9.18. The van der Waals surface area contributed by atoms with E-state index >= 15 is 0 Å². The van der Waals surface area contributed by atoms with Crippen LogP contribution >= 0.6 is 0 Å². The molecule has 2 aliphatic rings. The Labute approximate surface area is 115 Å². The molecule has 0 aromatic heterocycles. The fourth-order valence-electron chi connectivity index (χ4n) is 3.66. The Hall–Kier alpha value is -1.22. The Bertz CT molecular complexity index is 476. The SMILES string of the molecule is CC(C)c1c(C2(CN)CCCC2)ccc2c1OCO2. The van der Waals surface area contributed by atoms with Crippen LogP contribution in [0, 0.1) is 0 Å². The topological polar surface area (TPSA) is 44.5 Å². The number of rotatable bonds is 3. The molecule has 1 fully saturated rings. The Morgan fingerprint density at radius 1 is 1.21 bits per heavy atom. The lowest BCUT2D eigenvalue weighted by molar-refractivity contribution is 0.173. The van der Waals surface area contributed by atoms with Crippen LogP contribution in [0.5, 0.6) is 11.5 Å². The number of fused-ring (bicyclic) bond motifs is 1. The van der Waals surface area contributed by atoms with Gasteiger partial charge in [0.2, 0.25) is 6.79 Å². The molecule has 0 radical (unpaired) electrons. The van der Waals surface area contributed by atoms with Crippen molar-refractivity contribution in [2.45, 2.75) is 50.9 Å². The van der Waals surface area contributed by atoms with Gasteiger partial charge in [0, 0.05) is 17.5 Å². The quantitative estimate of drug-likeness (QED) is 0.908. The highest BCUT2D eigenvalue weighted by Crippen LogP contribution is 2.49. The monoisotopic (exact) mass is 261 g/mol. The first-order valence-corrected chi connectivity index (χ1v) is 7.31. The summed E-state index contributed by atoms with van der Waals surface area (Å²) in [6.45, 7) is 5.51. The molecule has 3 rings (SSSR count). The highest BCUT2D eigenvalue weighted by atomic mass is 16.7. The van der Waals surface area contributed by atoms with Gasteiger partial charge in [0.25, 0.3) is 0 Å². The lowest BCUT2D eigenvalue weighted by Crippen LogP contribution is -2.33. The maximum absolute atomic E-state index is 6.14. The zero-order valence-electron chi connectivity index (χ0n) is 11.9. The van der Waals surface area contributed by atoms with Crippen LogP contribution in [0.1, 0.15) is 56.6 Å². The molecule has 3 nitrogen and oxygen atoms in total. The predicted molar refractivity (Wildman–Crippen MR) is 75.9 cm³/mol. The summed E-state index contributed by atoms with van der Waals surface area (Å²) in [5, 5.41) is 0. The van der Waals surface area contributed by atoms with Crippen molar-refractivity contribution >= 4 is 0 Å². The zero-order valence-corrected chi connectivity index (χ0v) is 11.9. The smallest absolute Gasteiger partial charge is 0.231 e. The van der Waals surface area contributed by atoms with Gasteiger partial charge in [0.1, 0.15) is 0 Å². The first kappa shape index (κ1) is 12.8. The van der Waals surface area contributed by atoms with Crippen LogP contribution in [0.15, 0.2) is 12.1 Å². The van der Waals surface area contributed by atoms with Crippen LogP contribution in [-0.2, 0) is 5.41 Å². The van der Waals surface area contributed by atoms with Crippen molar-refractivity contribution < 1.29 is 9.47 Å². The molecule has 19 heavy (non-hydrogen) atoms. The maximum Gasteiger partial charge on any atom is 0.231 e. The van der Waals surface area contributed by atoms with E-state index in [1.54, 1.807) is 0 Å². The second-order valence-corrected chi connectivity index (χ2v) is 6.11. The number of hydrogen-bond donors (Lipinski definition) is 1. The number of benzene rings is 1. The van der Waals surface area contributed by atoms with E-state index in [2.05, 4.69) is 26.0 Å². The second kappa shape index (κ2) is 4.71. The molecule has 0 bridgehead atoms. The molecular formula is C16H23NO2. The van der Waals surface area contributed by atoms with Gasteiger partial charge in [-0.15, -0.1) is 0 Å². The lowest BCUT2D eigenvalue weighted by atomic mass is 9.74. The standard InChI is InChI=1S/C16H23NO2/c1-11(2)14-12(16(9-17)7-3-4-8-16)5-6-13-15(14)19-10-18-13/h5-6,11H,3-4,7-10,17H2,1-2H3. The molecule has 0 spiro atoms. The van der Waals surface area contributed by atoms with Gasteiger partial charge >= 0.3 is 0 Å². The fourth-order valence-corrected chi connectivity index (χ4v) is 3.66. The molecule has 2 N–H and O–H groups in total. The molecule has 0 unspecified atom stereocenters. The van der Waals surface area contributed by atoms with Gasteiger partial charge in [-0.25, -0.2) is 0 Å². The molecule has 1 saturated carbocycles. The number of nitrogens with two attached hydrogens (primary N) is 1. The Balaban J connectivity index is 2.15. The molecule has 1 aliphatic carbocycles. The third kappa shape index (κ3) is 1.91. The zero-order chi connectivity index (χ0) is 13.5. The molecule has 1 heterocycles. The Kier molecular flexibility index (Phi) is 3.17. The summed E-state index contributed by atoms with van der Waals surface area (Å²) in [7, 11) is 0. The molecule has 0 atom stereocenters. The fraction of sp³-hybridized carbons (Fsp3) is 0.625. The minimum Gasteiger partial charge on any atom is -0.454 e. The third-order valence-corrected chi connectivity index (χ3v) is 4.68. The van der Waals surface area contributed by atoms with E-state index in [1.165, 1.54) is 36.8 Å². The molecule has 0 saturated heterocycles. The van der Waals surface area contributed by atoms with Crippen LogP contribution in [-0.4, -0.2) is 13.3 Å². The minimum absolute atomic E-state index is 0.153. The van der Waals surface area contributed by atoms with Gasteiger partial charge in [-0.2, -0.15) is 0 Å². The van der Waals surface area contributed by atoms with Crippen molar-refractivity contribution in [3.63, 3.8) is 0 Å². The Morgan fingerprint density at radius 2 is 1.95 bits per heavy atom. The highest BCUT2D eigenvalue weighted by molar-refractivity contribution is 5.56. The molecule has 1 aromatic rings. The molecule has 3 heteroatoms. The van der Waals surface area contributed by atoms with Crippen molar-refractivity contribution in [2.75, 3.05) is 13.3 Å². The van der Waals surface area contributed by atoms with Gasteiger partial charge < -0.3 is 15.2 Å². The van der Waals surface area contributed by atoms with Gasteiger partial charge in [-0.3, -0.25) is 0 Å². The summed E-state index contributed by atoms with van der Waals surface area (Å²) in [5.74, 6) is 2.26. The van der Waals surface area contributed by atoms with E-state index in [9.17, 15) is 0 Å². The summed E-state index contributed by atoms with van der Waals surface area (Å²) >= 11 is 0. The van der Waals surface area contributed by atoms with Crippen LogP contribution in [0.2, 0.25) is 0 Å². The predicted octanol–water partition coefficient (Wildman–Crippen LogP) is 3.31. The van der Waals surface area contributed by atoms with Gasteiger partial charge in [0.15, 0.2) is 11.5 Å². The maximum atomic E-state index is 6.14. The average Bonchev–Trinajstić information content (AvgIpc) is 3.06. The van der Waals surface area contributed by atoms with Crippen molar-refractivity contribution in [2.24, 2.45) is 5.73 Å². The normalized spacial score (nSPS) is 20.2. The first-order valence-electron chi connectivity index (χ1n) is 7.31. The number of hydrogen-bond acceptors (Lipinski definition) is 3. The van der Waals surface area contributed by atoms with Crippen LogP contribution in [0.3, 0.4) is 0 Å². The van der Waals surface area contributed by atoms with Gasteiger partial charge in [0.05, 0.1) is 0 Å². The molecule has 104 valence electrons. The van der Waals surface area contributed by atoms with Crippen molar-refractivity contribution in [1.82, 2.24) is 0 Å². The average molecular weight is 261 g/mol. The molecule has 1 aromatic carbocycles. The van der Waals surface area contributed by atoms with Crippen LogP contribution in [0.25, 0.3) is 0 Å². The largest absolute Gasteiger partial charge is 0.454 e. The Morgan fingerprint density at radius 3 is 2.58 bits per heavy atom. The summed E-state index contributed by atoms with van der Waals surface area (Å²) in [6, 6.07) is 4.28.